The first kappa shape index (κ1) is 21.7. The topological polar surface area (TPSA) is 93.5 Å². The Kier molecular flexibility index (Phi) is 8.54. The molecule has 4 N–H and O–H groups in total. The molecule has 0 spiro atoms. The standard InChI is InChI=1S/C20H29N3O3.ClH/c21-18(15-8-10-26-11-9-15)20(25)22-13-14-4-3-7-17(12-14)23-19(24)16-5-1-2-6-16;/h3-4,7,12,15-16,18H,1-2,5-6,8-11,13,21H2,(H,22,25)(H,23,24);1H. The van der Waals surface area contributed by atoms with Crippen LogP contribution in [0.2, 0.25) is 0 Å². The summed E-state index contributed by atoms with van der Waals surface area (Å²) in [7, 11) is 0. The Balaban J connectivity index is 0.00000261. The van der Waals surface area contributed by atoms with Crippen LogP contribution in [0.15, 0.2) is 24.3 Å². The Hall–Kier alpha value is -1.63. The highest BCUT2D eigenvalue weighted by molar-refractivity contribution is 5.92. The number of rotatable bonds is 6. The number of nitrogens with one attached hydrogen (secondary N) is 2. The molecule has 1 atom stereocenters. The molecule has 2 amide bonds. The number of carbonyl (C=O) groups is 2. The molecule has 1 saturated heterocycles. The fourth-order valence-electron chi connectivity index (χ4n) is 3.79. The minimum atomic E-state index is -0.496. The molecule has 1 heterocycles. The Morgan fingerprint density at radius 3 is 2.56 bits per heavy atom. The molecule has 7 heteroatoms. The van der Waals surface area contributed by atoms with E-state index in [1.165, 1.54) is 0 Å². The summed E-state index contributed by atoms with van der Waals surface area (Å²) >= 11 is 0. The zero-order valence-electron chi connectivity index (χ0n) is 15.6. The van der Waals surface area contributed by atoms with Crippen molar-refractivity contribution in [2.75, 3.05) is 18.5 Å². The summed E-state index contributed by atoms with van der Waals surface area (Å²) in [5.41, 5.74) is 7.82. The van der Waals surface area contributed by atoms with Crippen LogP contribution in [0, 0.1) is 11.8 Å². The van der Waals surface area contributed by atoms with E-state index in [4.69, 9.17) is 10.5 Å². The van der Waals surface area contributed by atoms with E-state index in [1.54, 1.807) is 0 Å². The first-order valence-electron chi connectivity index (χ1n) is 9.64. The van der Waals surface area contributed by atoms with Crippen molar-refractivity contribution in [3.05, 3.63) is 29.8 Å². The summed E-state index contributed by atoms with van der Waals surface area (Å²) in [6, 6.07) is 7.12. The predicted molar refractivity (Wildman–Crippen MR) is 108 cm³/mol. The molecule has 3 rings (SSSR count). The number of halogens is 1. The highest BCUT2D eigenvalue weighted by atomic mass is 35.5. The summed E-state index contributed by atoms with van der Waals surface area (Å²) in [5, 5.41) is 5.91. The zero-order chi connectivity index (χ0) is 18.4. The molecular formula is C20H30ClN3O3. The first-order chi connectivity index (χ1) is 12.6. The summed E-state index contributed by atoms with van der Waals surface area (Å²) in [6.45, 7) is 1.76. The third-order valence-corrected chi connectivity index (χ3v) is 5.46. The van der Waals surface area contributed by atoms with Crippen LogP contribution in [0.5, 0.6) is 0 Å². The van der Waals surface area contributed by atoms with Crippen molar-refractivity contribution < 1.29 is 14.3 Å². The number of hydrogen-bond acceptors (Lipinski definition) is 4. The zero-order valence-corrected chi connectivity index (χ0v) is 16.4. The maximum absolute atomic E-state index is 12.3. The van der Waals surface area contributed by atoms with E-state index in [-0.39, 0.29) is 36.1 Å². The van der Waals surface area contributed by atoms with Gasteiger partial charge < -0.3 is 21.1 Å². The van der Waals surface area contributed by atoms with E-state index in [0.29, 0.717) is 19.8 Å². The van der Waals surface area contributed by atoms with Crippen LogP contribution in [0.3, 0.4) is 0 Å². The molecule has 1 aromatic carbocycles. The predicted octanol–water partition coefficient (Wildman–Crippen LogP) is 2.61. The van der Waals surface area contributed by atoms with Crippen LogP contribution in [0.25, 0.3) is 0 Å². The lowest BCUT2D eigenvalue weighted by molar-refractivity contribution is -0.124. The number of nitrogens with two attached hydrogens (primary N) is 1. The molecule has 1 aliphatic heterocycles. The Morgan fingerprint density at radius 2 is 1.85 bits per heavy atom. The number of amides is 2. The van der Waals surface area contributed by atoms with Crippen molar-refractivity contribution in [2.45, 2.75) is 51.1 Å². The Morgan fingerprint density at radius 1 is 1.15 bits per heavy atom. The third-order valence-electron chi connectivity index (χ3n) is 5.46. The van der Waals surface area contributed by atoms with Gasteiger partial charge in [0.25, 0.3) is 0 Å². The van der Waals surface area contributed by atoms with Crippen molar-refractivity contribution in [1.29, 1.82) is 0 Å². The number of anilines is 1. The average molecular weight is 396 g/mol. The van der Waals surface area contributed by atoms with Gasteiger partial charge in [-0.1, -0.05) is 25.0 Å². The molecule has 2 aliphatic rings. The van der Waals surface area contributed by atoms with Crippen molar-refractivity contribution in [1.82, 2.24) is 5.32 Å². The number of benzene rings is 1. The van der Waals surface area contributed by atoms with Crippen LogP contribution in [0.4, 0.5) is 5.69 Å². The monoisotopic (exact) mass is 395 g/mol. The molecule has 1 aromatic rings. The minimum Gasteiger partial charge on any atom is -0.381 e. The number of ether oxygens (including phenoxy) is 1. The lowest BCUT2D eigenvalue weighted by Gasteiger charge is -2.26. The molecule has 1 saturated carbocycles. The van der Waals surface area contributed by atoms with Crippen LogP contribution in [0.1, 0.15) is 44.1 Å². The van der Waals surface area contributed by atoms with Crippen molar-refractivity contribution in [3.63, 3.8) is 0 Å². The Bertz CT molecular complexity index is 629. The van der Waals surface area contributed by atoms with Gasteiger partial charge in [-0.2, -0.15) is 0 Å². The molecule has 0 bridgehead atoms. The van der Waals surface area contributed by atoms with E-state index < -0.39 is 6.04 Å². The van der Waals surface area contributed by atoms with Gasteiger partial charge in [0, 0.05) is 31.4 Å². The van der Waals surface area contributed by atoms with Crippen molar-refractivity contribution in [3.8, 4) is 0 Å². The SMILES string of the molecule is Cl.NC(C(=O)NCc1cccc(NC(=O)C2CCCC2)c1)C1CCOCC1. The van der Waals surface area contributed by atoms with Gasteiger partial charge in [0.05, 0.1) is 6.04 Å². The van der Waals surface area contributed by atoms with Gasteiger partial charge in [0.1, 0.15) is 0 Å². The van der Waals surface area contributed by atoms with Gasteiger partial charge in [-0.25, -0.2) is 0 Å². The summed E-state index contributed by atoms with van der Waals surface area (Å²) < 4.78 is 5.32. The second-order valence-electron chi connectivity index (χ2n) is 7.36. The van der Waals surface area contributed by atoms with Crippen LogP contribution >= 0.6 is 12.4 Å². The van der Waals surface area contributed by atoms with Gasteiger partial charge in [-0.05, 0) is 49.3 Å². The molecule has 2 fully saturated rings. The second-order valence-corrected chi connectivity index (χ2v) is 7.36. The maximum atomic E-state index is 12.3. The Labute approximate surface area is 167 Å². The van der Waals surface area contributed by atoms with Gasteiger partial charge in [0.2, 0.25) is 11.8 Å². The average Bonchev–Trinajstić information content (AvgIpc) is 3.21. The van der Waals surface area contributed by atoms with E-state index in [2.05, 4.69) is 10.6 Å². The molecule has 150 valence electrons. The number of hydrogen-bond donors (Lipinski definition) is 3. The normalized spacial score (nSPS) is 19.1. The van der Waals surface area contributed by atoms with E-state index in [1.807, 2.05) is 24.3 Å². The fraction of sp³-hybridized carbons (Fsp3) is 0.600. The van der Waals surface area contributed by atoms with E-state index in [0.717, 1.165) is 49.8 Å². The lowest BCUT2D eigenvalue weighted by atomic mass is 9.92. The molecule has 6 nitrogen and oxygen atoms in total. The van der Waals surface area contributed by atoms with Crippen LogP contribution in [-0.4, -0.2) is 31.1 Å². The third kappa shape index (κ3) is 6.19. The summed E-state index contributed by atoms with van der Waals surface area (Å²) in [4.78, 5) is 24.6. The first-order valence-corrected chi connectivity index (χ1v) is 9.64. The highest BCUT2D eigenvalue weighted by Crippen LogP contribution is 2.26. The lowest BCUT2D eigenvalue weighted by Crippen LogP contribution is -2.46. The molecule has 0 radical (unpaired) electrons. The smallest absolute Gasteiger partial charge is 0.237 e. The summed E-state index contributed by atoms with van der Waals surface area (Å²) in [5.74, 6) is 0.291. The molecular weight excluding hydrogens is 366 g/mol. The van der Waals surface area contributed by atoms with E-state index in [9.17, 15) is 9.59 Å². The van der Waals surface area contributed by atoms with Crippen molar-refractivity contribution >= 4 is 29.9 Å². The van der Waals surface area contributed by atoms with Crippen molar-refractivity contribution in [2.24, 2.45) is 17.6 Å². The molecule has 1 aliphatic carbocycles. The van der Waals surface area contributed by atoms with Gasteiger partial charge in [-0.15, -0.1) is 12.4 Å². The highest BCUT2D eigenvalue weighted by Gasteiger charge is 2.26. The van der Waals surface area contributed by atoms with E-state index >= 15 is 0 Å². The van der Waals surface area contributed by atoms with Gasteiger partial charge in [0.15, 0.2) is 0 Å². The largest absolute Gasteiger partial charge is 0.381 e. The maximum Gasteiger partial charge on any atom is 0.237 e. The number of carbonyl (C=O) groups excluding carboxylic acids is 2. The molecule has 0 aromatic heterocycles. The van der Waals surface area contributed by atoms with Gasteiger partial charge >= 0.3 is 0 Å². The molecule has 1 unspecified atom stereocenters. The van der Waals surface area contributed by atoms with Crippen LogP contribution < -0.4 is 16.4 Å². The fourth-order valence-corrected chi connectivity index (χ4v) is 3.79. The molecule has 27 heavy (non-hydrogen) atoms. The summed E-state index contributed by atoms with van der Waals surface area (Å²) in [6.07, 6.45) is 5.89. The quantitative estimate of drug-likeness (QED) is 0.690. The van der Waals surface area contributed by atoms with Crippen LogP contribution in [-0.2, 0) is 20.9 Å². The minimum absolute atomic E-state index is 0. The second kappa shape index (κ2) is 10.6. The van der Waals surface area contributed by atoms with Gasteiger partial charge in [-0.3, -0.25) is 9.59 Å².